The van der Waals surface area contributed by atoms with Crippen molar-refractivity contribution in [1.29, 1.82) is 0 Å². The maximum atomic E-state index is 12.2. The first kappa shape index (κ1) is 19.6. The lowest BCUT2D eigenvalue weighted by atomic mass is 9.80. The molecule has 1 amide bonds. The van der Waals surface area contributed by atoms with Crippen molar-refractivity contribution in [2.24, 2.45) is 5.73 Å². The number of carbonyl (C=O) groups is 1. The second-order valence-corrected chi connectivity index (χ2v) is 8.63. The van der Waals surface area contributed by atoms with Crippen LogP contribution in [0.3, 0.4) is 0 Å². The second-order valence-electron chi connectivity index (χ2n) is 8.19. The molecule has 0 saturated heterocycles. The molecule has 1 aliphatic carbocycles. The molecule has 0 spiro atoms. The van der Waals surface area contributed by atoms with Crippen molar-refractivity contribution in [1.82, 2.24) is 15.2 Å². The zero-order chi connectivity index (χ0) is 20.6. The van der Waals surface area contributed by atoms with Crippen LogP contribution >= 0.6 is 11.6 Å². The standard InChI is InChI=1S/C22H23ClN4O2/c1-22(2,12-18-26-27-21(29-18)13-5-3-6-13)16-9-10-17(25-19(16)20(24)28)14-7-4-8-15(23)11-14/h4,7-11,13H,3,5-6,12H2,1-2H3,(H2,24,28). The number of primary amides is 1. The molecule has 0 atom stereocenters. The molecule has 1 fully saturated rings. The van der Waals surface area contributed by atoms with Gasteiger partial charge in [-0.3, -0.25) is 4.79 Å². The zero-order valence-electron chi connectivity index (χ0n) is 16.5. The van der Waals surface area contributed by atoms with Crippen molar-refractivity contribution in [3.63, 3.8) is 0 Å². The molecule has 2 aromatic heterocycles. The van der Waals surface area contributed by atoms with Gasteiger partial charge in [-0.2, -0.15) is 0 Å². The molecule has 2 N–H and O–H groups in total. The molecule has 150 valence electrons. The van der Waals surface area contributed by atoms with E-state index in [9.17, 15) is 4.79 Å². The number of rotatable bonds is 6. The van der Waals surface area contributed by atoms with Gasteiger partial charge < -0.3 is 10.2 Å². The third-order valence-electron chi connectivity index (χ3n) is 5.51. The lowest BCUT2D eigenvalue weighted by molar-refractivity contribution is 0.0993. The highest BCUT2D eigenvalue weighted by Crippen LogP contribution is 2.36. The van der Waals surface area contributed by atoms with E-state index in [-0.39, 0.29) is 5.69 Å². The van der Waals surface area contributed by atoms with Gasteiger partial charge in [0.1, 0.15) is 5.69 Å². The smallest absolute Gasteiger partial charge is 0.267 e. The van der Waals surface area contributed by atoms with Gasteiger partial charge >= 0.3 is 0 Å². The summed E-state index contributed by atoms with van der Waals surface area (Å²) in [7, 11) is 0. The van der Waals surface area contributed by atoms with Gasteiger partial charge in [0.25, 0.3) is 5.91 Å². The van der Waals surface area contributed by atoms with Gasteiger partial charge in [-0.1, -0.05) is 50.1 Å². The molecule has 3 aromatic rings. The molecule has 0 aliphatic heterocycles. The largest absolute Gasteiger partial charge is 0.425 e. The highest BCUT2D eigenvalue weighted by Gasteiger charge is 2.31. The lowest BCUT2D eigenvalue weighted by Gasteiger charge is -2.25. The molecular weight excluding hydrogens is 388 g/mol. The van der Waals surface area contributed by atoms with Crippen LogP contribution in [0.1, 0.15) is 66.9 Å². The Morgan fingerprint density at radius 2 is 2.03 bits per heavy atom. The van der Waals surface area contributed by atoms with Crippen LogP contribution in [0.5, 0.6) is 0 Å². The molecule has 0 bridgehead atoms. The van der Waals surface area contributed by atoms with Crippen molar-refractivity contribution in [3.8, 4) is 11.3 Å². The summed E-state index contributed by atoms with van der Waals surface area (Å²) >= 11 is 6.09. The number of halogens is 1. The Balaban J connectivity index is 1.65. The third-order valence-corrected chi connectivity index (χ3v) is 5.74. The fraction of sp³-hybridized carbons (Fsp3) is 0.364. The third kappa shape index (κ3) is 4.03. The summed E-state index contributed by atoms with van der Waals surface area (Å²) in [4.78, 5) is 16.7. The van der Waals surface area contributed by atoms with Gasteiger partial charge in [-0.15, -0.1) is 10.2 Å². The summed E-state index contributed by atoms with van der Waals surface area (Å²) in [5, 5.41) is 9.02. The maximum absolute atomic E-state index is 12.2. The van der Waals surface area contributed by atoms with Crippen LogP contribution < -0.4 is 5.73 Å². The Labute approximate surface area is 174 Å². The summed E-state index contributed by atoms with van der Waals surface area (Å²) in [6, 6.07) is 11.1. The van der Waals surface area contributed by atoms with Crippen molar-refractivity contribution in [2.45, 2.75) is 50.9 Å². The van der Waals surface area contributed by atoms with Gasteiger partial charge in [0, 0.05) is 28.3 Å². The first-order valence-corrected chi connectivity index (χ1v) is 10.1. The van der Waals surface area contributed by atoms with Crippen LogP contribution in [-0.4, -0.2) is 21.1 Å². The van der Waals surface area contributed by atoms with E-state index in [0.717, 1.165) is 24.0 Å². The van der Waals surface area contributed by atoms with E-state index in [1.165, 1.54) is 6.42 Å². The first-order chi connectivity index (χ1) is 13.8. The minimum absolute atomic E-state index is 0.242. The molecule has 6 nitrogen and oxygen atoms in total. The lowest BCUT2D eigenvalue weighted by Crippen LogP contribution is -2.27. The normalized spacial score (nSPS) is 14.6. The SMILES string of the molecule is CC(C)(Cc1nnc(C2CCC2)o1)c1ccc(-c2cccc(Cl)c2)nc1C(N)=O. The highest BCUT2D eigenvalue weighted by atomic mass is 35.5. The fourth-order valence-electron chi connectivity index (χ4n) is 3.63. The number of benzene rings is 1. The number of pyridine rings is 1. The first-order valence-electron chi connectivity index (χ1n) is 9.73. The van der Waals surface area contributed by atoms with E-state index in [1.54, 1.807) is 12.1 Å². The van der Waals surface area contributed by atoms with Crippen LogP contribution in [0.15, 0.2) is 40.8 Å². The van der Waals surface area contributed by atoms with Gasteiger partial charge in [0.15, 0.2) is 0 Å². The second kappa shape index (κ2) is 7.59. The molecule has 0 unspecified atom stereocenters. The Kier molecular flexibility index (Phi) is 5.13. The Hall–Kier alpha value is -2.73. The van der Waals surface area contributed by atoms with Crippen molar-refractivity contribution >= 4 is 17.5 Å². The van der Waals surface area contributed by atoms with Crippen molar-refractivity contribution in [2.75, 3.05) is 0 Å². The molecule has 1 aliphatic rings. The fourth-order valence-corrected chi connectivity index (χ4v) is 3.82. The summed E-state index contributed by atoms with van der Waals surface area (Å²) in [6.07, 6.45) is 3.91. The zero-order valence-corrected chi connectivity index (χ0v) is 17.2. The number of nitrogens with two attached hydrogens (primary N) is 1. The molecule has 1 saturated carbocycles. The van der Waals surface area contributed by atoms with Crippen LogP contribution in [0.2, 0.25) is 5.02 Å². The van der Waals surface area contributed by atoms with Gasteiger partial charge in [-0.05, 0) is 36.6 Å². The Morgan fingerprint density at radius 1 is 1.24 bits per heavy atom. The van der Waals surface area contributed by atoms with E-state index in [4.69, 9.17) is 21.8 Å². The number of nitrogens with zero attached hydrogens (tertiary/aromatic N) is 3. The molecule has 0 radical (unpaired) electrons. The molecule has 29 heavy (non-hydrogen) atoms. The van der Waals surface area contributed by atoms with E-state index in [0.29, 0.717) is 34.8 Å². The minimum atomic E-state index is -0.572. The predicted octanol–water partition coefficient (Wildman–Crippen LogP) is 4.67. The van der Waals surface area contributed by atoms with Gasteiger partial charge in [-0.25, -0.2) is 4.98 Å². The average molecular weight is 411 g/mol. The Morgan fingerprint density at radius 3 is 2.69 bits per heavy atom. The Bertz CT molecular complexity index is 1060. The molecule has 7 heteroatoms. The van der Waals surface area contributed by atoms with Crippen molar-refractivity contribution < 1.29 is 9.21 Å². The summed E-state index contributed by atoms with van der Waals surface area (Å²) in [6.45, 7) is 4.03. The predicted molar refractivity (Wildman–Crippen MR) is 111 cm³/mol. The van der Waals surface area contributed by atoms with E-state index in [2.05, 4.69) is 15.2 Å². The summed E-state index contributed by atoms with van der Waals surface area (Å²) in [5.41, 5.74) is 7.67. The van der Waals surface area contributed by atoms with Gasteiger partial charge in [0.2, 0.25) is 11.8 Å². The quantitative estimate of drug-likeness (QED) is 0.637. The topological polar surface area (TPSA) is 94.9 Å². The maximum Gasteiger partial charge on any atom is 0.267 e. The number of aromatic nitrogens is 3. The van der Waals surface area contributed by atoms with Crippen LogP contribution in [-0.2, 0) is 11.8 Å². The number of amides is 1. The van der Waals surface area contributed by atoms with E-state index >= 15 is 0 Å². The number of hydrogen-bond acceptors (Lipinski definition) is 5. The van der Waals surface area contributed by atoms with Crippen LogP contribution in [0.4, 0.5) is 0 Å². The van der Waals surface area contributed by atoms with E-state index in [1.807, 2.05) is 38.1 Å². The monoisotopic (exact) mass is 410 g/mol. The van der Waals surface area contributed by atoms with Crippen LogP contribution in [0, 0.1) is 0 Å². The van der Waals surface area contributed by atoms with Gasteiger partial charge in [0.05, 0.1) is 5.69 Å². The van der Waals surface area contributed by atoms with Crippen molar-refractivity contribution in [3.05, 3.63) is 64.5 Å². The number of carbonyl (C=O) groups excluding carboxylic acids is 1. The molecule has 2 heterocycles. The highest BCUT2D eigenvalue weighted by molar-refractivity contribution is 6.30. The average Bonchev–Trinajstić information content (AvgIpc) is 3.06. The van der Waals surface area contributed by atoms with E-state index < -0.39 is 11.3 Å². The summed E-state index contributed by atoms with van der Waals surface area (Å²) < 4.78 is 5.88. The molecular formula is C22H23ClN4O2. The molecule has 4 rings (SSSR count). The molecule has 1 aromatic carbocycles. The number of hydrogen-bond donors (Lipinski definition) is 1. The minimum Gasteiger partial charge on any atom is -0.425 e. The van der Waals surface area contributed by atoms with Crippen LogP contribution in [0.25, 0.3) is 11.3 Å². The summed E-state index contributed by atoms with van der Waals surface area (Å²) in [5.74, 6) is 1.09.